The van der Waals surface area contributed by atoms with Crippen molar-refractivity contribution in [3.63, 3.8) is 0 Å². The van der Waals surface area contributed by atoms with Crippen molar-refractivity contribution in [2.24, 2.45) is 0 Å². The lowest BCUT2D eigenvalue weighted by Gasteiger charge is -2.21. The Morgan fingerprint density at radius 2 is 1.76 bits per heavy atom. The fraction of sp³-hybridized carbons (Fsp3) is 0.294. The molecule has 0 spiro atoms. The van der Waals surface area contributed by atoms with Gasteiger partial charge in [-0.25, -0.2) is 4.39 Å². The van der Waals surface area contributed by atoms with Crippen LogP contribution in [0.3, 0.4) is 0 Å². The summed E-state index contributed by atoms with van der Waals surface area (Å²) in [6.45, 7) is 7.13. The molecule has 112 valence electrons. The third-order valence-corrected chi connectivity index (χ3v) is 4.23. The average molecular weight is 324 g/mol. The quantitative estimate of drug-likeness (QED) is 0.795. The molecule has 0 aliphatic carbocycles. The molecular weight excluding hydrogens is 305 g/mol. The van der Waals surface area contributed by atoms with Gasteiger partial charge in [0.2, 0.25) is 0 Å². The molecule has 2 aromatic carbocycles. The van der Waals surface area contributed by atoms with Gasteiger partial charge in [0.25, 0.3) is 0 Å². The first-order valence-corrected chi connectivity index (χ1v) is 8.00. The van der Waals surface area contributed by atoms with Crippen molar-refractivity contribution >= 4 is 23.4 Å². The molecule has 0 bridgehead atoms. The molecule has 0 amide bonds. The van der Waals surface area contributed by atoms with Gasteiger partial charge in [-0.05, 0) is 68.8 Å². The van der Waals surface area contributed by atoms with Gasteiger partial charge in [0.1, 0.15) is 5.82 Å². The van der Waals surface area contributed by atoms with Gasteiger partial charge in [-0.15, -0.1) is 0 Å². The first-order valence-electron chi connectivity index (χ1n) is 6.80. The lowest BCUT2D eigenvalue weighted by atomic mass is 10.1. The molecule has 0 saturated heterocycles. The van der Waals surface area contributed by atoms with E-state index in [1.165, 1.54) is 12.1 Å². The zero-order valence-electron chi connectivity index (χ0n) is 12.4. The van der Waals surface area contributed by atoms with Crippen LogP contribution >= 0.6 is 23.4 Å². The van der Waals surface area contributed by atoms with Crippen LogP contribution in [-0.2, 0) is 6.54 Å². The van der Waals surface area contributed by atoms with Crippen molar-refractivity contribution in [2.45, 2.75) is 42.6 Å². The minimum absolute atomic E-state index is 0.0418. The SMILES string of the molecule is CC(C)(C)NCc1cc(Cl)ccc1Sc1ccc(F)cc1. The van der Waals surface area contributed by atoms with Gasteiger partial charge in [0.15, 0.2) is 0 Å². The van der Waals surface area contributed by atoms with Gasteiger partial charge in [-0.1, -0.05) is 23.4 Å². The summed E-state index contributed by atoms with van der Waals surface area (Å²) < 4.78 is 13.0. The maximum atomic E-state index is 13.0. The number of halogens is 2. The first kappa shape index (κ1) is 16.3. The summed E-state index contributed by atoms with van der Waals surface area (Å²) in [5.74, 6) is -0.218. The normalized spacial score (nSPS) is 11.7. The van der Waals surface area contributed by atoms with E-state index in [1.807, 2.05) is 18.2 Å². The molecule has 21 heavy (non-hydrogen) atoms. The molecule has 0 aliphatic heterocycles. The minimum atomic E-state index is -0.218. The Bertz CT molecular complexity index is 605. The van der Waals surface area contributed by atoms with Crippen molar-refractivity contribution in [1.29, 1.82) is 0 Å². The van der Waals surface area contributed by atoms with E-state index in [0.29, 0.717) is 0 Å². The molecule has 1 nitrogen and oxygen atoms in total. The van der Waals surface area contributed by atoms with Crippen LogP contribution in [0, 0.1) is 5.82 Å². The highest BCUT2D eigenvalue weighted by Gasteiger charge is 2.11. The maximum absolute atomic E-state index is 13.0. The Hall–Kier alpha value is -1.03. The Morgan fingerprint density at radius 1 is 1.10 bits per heavy atom. The summed E-state index contributed by atoms with van der Waals surface area (Å²) in [6, 6.07) is 12.4. The summed E-state index contributed by atoms with van der Waals surface area (Å²) in [5.41, 5.74) is 1.19. The summed E-state index contributed by atoms with van der Waals surface area (Å²) >= 11 is 7.72. The Morgan fingerprint density at radius 3 is 2.38 bits per heavy atom. The molecule has 0 unspecified atom stereocenters. The van der Waals surface area contributed by atoms with E-state index in [0.717, 1.165) is 26.9 Å². The molecule has 0 saturated carbocycles. The second-order valence-electron chi connectivity index (χ2n) is 5.91. The van der Waals surface area contributed by atoms with Crippen LogP contribution in [0.2, 0.25) is 5.02 Å². The van der Waals surface area contributed by atoms with E-state index in [9.17, 15) is 4.39 Å². The number of benzene rings is 2. The monoisotopic (exact) mass is 323 g/mol. The van der Waals surface area contributed by atoms with Gasteiger partial charge >= 0.3 is 0 Å². The largest absolute Gasteiger partial charge is 0.308 e. The van der Waals surface area contributed by atoms with Gasteiger partial charge in [-0.3, -0.25) is 0 Å². The minimum Gasteiger partial charge on any atom is -0.308 e. The summed E-state index contributed by atoms with van der Waals surface area (Å²) in [6.07, 6.45) is 0. The van der Waals surface area contributed by atoms with E-state index in [-0.39, 0.29) is 11.4 Å². The van der Waals surface area contributed by atoms with E-state index >= 15 is 0 Å². The van der Waals surface area contributed by atoms with Gasteiger partial charge in [-0.2, -0.15) is 0 Å². The molecule has 0 fully saturated rings. The Kier molecular flexibility index (Phi) is 5.31. The highest BCUT2D eigenvalue weighted by Crippen LogP contribution is 2.32. The standard InChI is InChI=1S/C17H19ClFNS/c1-17(2,3)20-11-12-10-13(18)4-9-16(12)21-15-7-5-14(19)6-8-15/h4-10,20H,11H2,1-3H3. The highest BCUT2D eigenvalue weighted by molar-refractivity contribution is 7.99. The molecule has 4 heteroatoms. The Labute approximate surface area is 134 Å². The first-order chi connectivity index (χ1) is 9.83. The van der Waals surface area contributed by atoms with Crippen LogP contribution in [0.15, 0.2) is 52.3 Å². The van der Waals surface area contributed by atoms with Crippen LogP contribution in [0.5, 0.6) is 0 Å². The smallest absolute Gasteiger partial charge is 0.123 e. The number of hydrogen-bond donors (Lipinski definition) is 1. The summed E-state index contributed by atoms with van der Waals surface area (Å²) in [4.78, 5) is 2.14. The number of nitrogens with one attached hydrogen (secondary N) is 1. The predicted octanol–water partition coefficient (Wildman–Crippen LogP) is 5.52. The lowest BCUT2D eigenvalue weighted by Crippen LogP contribution is -2.35. The summed E-state index contributed by atoms with van der Waals surface area (Å²) in [5, 5.41) is 4.19. The van der Waals surface area contributed by atoms with E-state index < -0.39 is 0 Å². The molecule has 0 aliphatic rings. The van der Waals surface area contributed by atoms with Crippen molar-refractivity contribution in [3.8, 4) is 0 Å². The average Bonchev–Trinajstić information content (AvgIpc) is 2.40. The molecule has 0 aromatic heterocycles. The second-order valence-corrected chi connectivity index (χ2v) is 7.46. The molecule has 0 radical (unpaired) electrons. The van der Waals surface area contributed by atoms with Gasteiger partial charge < -0.3 is 5.32 Å². The second kappa shape index (κ2) is 6.82. The van der Waals surface area contributed by atoms with Gasteiger partial charge in [0.05, 0.1) is 0 Å². The van der Waals surface area contributed by atoms with Crippen molar-refractivity contribution < 1.29 is 4.39 Å². The molecular formula is C17H19ClFNS. The van der Waals surface area contributed by atoms with Gasteiger partial charge in [0, 0.05) is 26.9 Å². The zero-order valence-corrected chi connectivity index (χ0v) is 14.0. The van der Waals surface area contributed by atoms with E-state index in [1.54, 1.807) is 23.9 Å². The lowest BCUT2D eigenvalue weighted by molar-refractivity contribution is 0.422. The van der Waals surface area contributed by atoms with Crippen molar-refractivity contribution in [2.75, 3.05) is 0 Å². The van der Waals surface area contributed by atoms with Crippen LogP contribution < -0.4 is 5.32 Å². The maximum Gasteiger partial charge on any atom is 0.123 e. The Balaban J connectivity index is 2.20. The molecule has 0 heterocycles. The predicted molar refractivity (Wildman–Crippen MR) is 88.6 cm³/mol. The molecule has 1 N–H and O–H groups in total. The zero-order chi connectivity index (χ0) is 15.5. The molecule has 2 rings (SSSR count). The van der Waals surface area contributed by atoms with Crippen LogP contribution in [0.25, 0.3) is 0 Å². The topological polar surface area (TPSA) is 12.0 Å². The summed E-state index contributed by atoms with van der Waals surface area (Å²) in [7, 11) is 0. The molecule has 2 aromatic rings. The third kappa shape index (κ3) is 5.34. The van der Waals surface area contributed by atoms with E-state index in [2.05, 4.69) is 26.1 Å². The fourth-order valence-electron chi connectivity index (χ4n) is 1.78. The highest BCUT2D eigenvalue weighted by atomic mass is 35.5. The fourth-order valence-corrected chi connectivity index (χ4v) is 2.89. The number of hydrogen-bond acceptors (Lipinski definition) is 2. The van der Waals surface area contributed by atoms with E-state index in [4.69, 9.17) is 11.6 Å². The van der Waals surface area contributed by atoms with Crippen LogP contribution in [0.1, 0.15) is 26.3 Å². The third-order valence-electron chi connectivity index (χ3n) is 2.87. The molecule has 0 atom stereocenters. The van der Waals surface area contributed by atoms with Crippen molar-refractivity contribution in [1.82, 2.24) is 5.32 Å². The van der Waals surface area contributed by atoms with Crippen LogP contribution in [-0.4, -0.2) is 5.54 Å². The van der Waals surface area contributed by atoms with Crippen molar-refractivity contribution in [3.05, 3.63) is 58.9 Å². The number of rotatable bonds is 4. The van der Waals surface area contributed by atoms with Crippen LogP contribution in [0.4, 0.5) is 4.39 Å².